The number of hydrogen-bond acceptors (Lipinski definition) is 3. The number of aromatic hydroxyl groups is 1. The minimum absolute atomic E-state index is 0.166. The summed E-state index contributed by atoms with van der Waals surface area (Å²) in [6.07, 6.45) is 2.96. The molecule has 4 heteroatoms. The first kappa shape index (κ1) is 8.62. The van der Waals surface area contributed by atoms with Crippen molar-refractivity contribution in [1.82, 2.24) is 9.78 Å². The van der Waals surface area contributed by atoms with Crippen molar-refractivity contribution in [1.29, 1.82) is 0 Å². The topological polar surface area (TPSA) is 64.1 Å². The van der Waals surface area contributed by atoms with Crippen LogP contribution in [0.3, 0.4) is 0 Å². The lowest BCUT2D eigenvalue weighted by molar-refractivity contribution is 0.474. The van der Waals surface area contributed by atoms with E-state index in [2.05, 4.69) is 5.10 Å². The van der Waals surface area contributed by atoms with Crippen LogP contribution >= 0.6 is 0 Å². The number of para-hydroxylation sites is 1. The van der Waals surface area contributed by atoms with Gasteiger partial charge in [-0.25, -0.2) is 0 Å². The predicted octanol–water partition coefficient (Wildman–Crippen LogP) is 1.22. The molecule has 14 heavy (non-hydrogen) atoms. The lowest BCUT2D eigenvalue weighted by Gasteiger charge is -2.04. The van der Waals surface area contributed by atoms with E-state index in [0.29, 0.717) is 6.54 Å². The molecule has 3 N–H and O–H groups in total. The quantitative estimate of drug-likeness (QED) is 0.698. The minimum Gasteiger partial charge on any atom is -0.505 e. The average Bonchev–Trinajstić information content (AvgIpc) is 2.56. The molecule has 0 unspecified atom stereocenters. The van der Waals surface area contributed by atoms with Crippen molar-refractivity contribution >= 4 is 5.69 Å². The molecule has 0 fully saturated rings. The van der Waals surface area contributed by atoms with Gasteiger partial charge in [0, 0.05) is 5.69 Å². The van der Waals surface area contributed by atoms with Crippen LogP contribution in [-0.2, 0) is 6.54 Å². The van der Waals surface area contributed by atoms with Crippen molar-refractivity contribution < 1.29 is 5.11 Å². The van der Waals surface area contributed by atoms with Crippen molar-refractivity contribution in [2.75, 3.05) is 5.73 Å². The Morgan fingerprint density at radius 3 is 2.79 bits per heavy atom. The highest BCUT2D eigenvalue weighted by molar-refractivity contribution is 5.46. The second-order valence-electron chi connectivity index (χ2n) is 3.09. The maximum atomic E-state index is 9.09. The number of nitrogens with zero attached hydrogens (tertiary/aromatic N) is 2. The van der Waals surface area contributed by atoms with Crippen LogP contribution in [0.2, 0.25) is 0 Å². The van der Waals surface area contributed by atoms with E-state index in [1.807, 2.05) is 24.3 Å². The summed E-state index contributed by atoms with van der Waals surface area (Å²) in [4.78, 5) is 0. The van der Waals surface area contributed by atoms with Crippen molar-refractivity contribution in [3.8, 4) is 5.75 Å². The lowest BCUT2D eigenvalue weighted by Crippen LogP contribution is -2.02. The Morgan fingerprint density at radius 1 is 1.36 bits per heavy atom. The Labute approximate surface area is 81.6 Å². The van der Waals surface area contributed by atoms with Crippen LogP contribution in [0.1, 0.15) is 5.56 Å². The van der Waals surface area contributed by atoms with Gasteiger partial charge in [-0.1, -0.05) is 18.2 Å². The Bertz CT molecular complexity index is 436. The van der Waals surface area contributed by atoms with Gasteiger partial charge >= 0.3 is 0 Å². The maximum absolute atomic E-state index is 9.09. The number of hydrogen-bond donors (Lipinski definition) is 2. The van der Waals surface area contributed by atoms with Gasteiger partial charge in [0.05, 0.1) is 18.9 Å². The fourth-order valence-corrected chi connectivity index (χ4v) is 1.29. The molecule has 0 atom stereocenters. The lowest BCUT2D eigenvalue weighted by atomic mass is 10.2. The van der Waals surface area contributed by atoms with Gasteiger partial charge in [-0.3, -0.25) is 4.68 Å². The number of anilines is 1. The monoisotopic (exact) mass is 189 g/mol. The molecule has 0 bridgehead atoms. The van der Waals surface area contributed by atoms with E-state index < -0.39 is 0 Å². The standard InChI is InChI=1S/C10H11N3O/c11-10-4-2-1-3-8(10)6-13-7-9(14)5-12-13/h1-5,7,14H,6,11H2. The van der Waals surface area contributed by atoms with Crippen LogP contribution in [0.15, 0.2) is 36.7 Å². The zero-order valence-electron chi connectivity index (χ0n) is 7.59. The molecule has 72 valence electrons. The first-order chi connectivity index (χ1) is 6.75. The third kappa shape index (κ3) is 1.69. The molecule has 2 aromatic rings. The summed E-state index contributed by atoms with van der Waals surface area (Å²) in [5.74, 6) is 0.166. The van der Waals surface area contributed by atoms with E-state index in [4.69, 9.17) is 10.8 Å². The highest BCUT2D eigenvalue weighted by atomic mass is 16.3. The van der Waals surface area contributed by atoms with Crippen LogP contribution in [-0.4, -0.2) is 14.9 Å². The van der Waals surface area contributed by atoms with Crippen LogP contribution in [0.25, 0.3) is 0 Å². The van der Waals surface area contributed by atoms with Gasteiger partial charge < -0.3 is 10.8 Å². The SMILES string of the molecule is Nc1ccccc1Cn1cc(O)cn1. The zero-order valence-corrected chi connectivity index (χ0v) is 7.59. The Kier molecular flexibility index (Phi) is 2.10. The van der Waals surface area contributed by atoms with Crippen LogP contribution in [0, 0.1) is 0 Å². The molecule has 0 saturated carbocycles. The summed E-state index contributed by atoms with van der Waals surface area (Å²) in [6.45, 7) is 0.577. The van der Waals surface area contributed by atoms with E-state index >= 15 is 0 Å². The fraction of sp³-hybridized carbons (Fsp3) is 0.100. The maximum Gasteiger partial charge on any atom is 0.153 e. The zero-order chi connectivity index (χ0) is 9.97. The third-order valence-electron chi connectivity index (χ3n) is 2.01. The smallest absolute Gasteiger partial charge is 0.153 e. The van der Waals surface area contributed by atoms with Crippen LogP contribution in [0.4, 0.5) is 5.69 Å². The summed E-state index contributed by atoms with van der Waals surface area (Å²) >= 11 is 0. The molecule has 0 aliphatic rings. The highest BCUT2D eigenvalue weighted by Crippen LogP contribution is 2.13. The largest absolute Gasteiger partial charge is 0.505 e. The molecule has 1 aromatic carbocycles. The van der Waals surface area contributed by atoms with E-state index in [1.54, 1.807) is 10.9 Å². The molecule has 2 rings (SSSR count). The van der Waals surface area contributed by atoms with Crippen molar-refractivity contribution in [2.45, 2.75) is 6.54 Å². The summed E-state index contributed by atoms with van der Waals surface area (Å²) in [5, 5.41) is 13.0. The first-order valence-electron chi connectivity index (χ1n) is 4.30. The molecule has 0 aliphatic heterocycles. The second kappa shape index (κ2) is 3.41. The van der Waals surface area contributed by atoms with E-state index in [1.165, 1.54) is 6.20 Å². The fourth-order valence-electron chi connectivity index (χ4n) is 1.29. The average molecular weight is 189 g/mol. The summed E-state index contributed by atoms with van der Waals surface area (Å²) in [5.41, 5.74) is 7.51. The van der Waals surface area contributed by atoms with Crippen molar-refractivity contribution in [2.24, 2.45) is 0 Å². The number of aromatic nitrogens is 2. The van der Waals surface area contributed by atoms with E-state index in [0.717, 1.165) is 11.3 Å². The molecular formula is C10H11N3O. The van der Waals surface area contributed by atoms with Gasteiger partial charge in [0.1, 0.15) is 0 Å². The molecule has 4 nitrogen and oxygen atoms in total. The molecule has 0 saturated heterocycles. The number of rotatable bonds is 2. The van der Waals surface area contributed by atoms with Gasteiger partial charge in [-0.15, -0.1) is 0 Å². The second-order valence-corrected chi connectivity index (χ2v) is 3.09. The highest BCUT2D eigenvalue weighted by Gasteiger charge is 2.00. The minimum atomic E-state index is 0.166. The molecule has 0 amide bonds. The molecular weight excluding hydrogens is 178 g/mol. The van der Waals surface area contributed by atoms with E-state index in [-0.39, 0.29) is 5.75 Å². The van der Waals surface area contributed by atoms with Gasteiger partial charge in [-0.05, 0) is 11.6 Å². The number of nitrogens with two attached hydrogens (primary N) is 1. The summed E-state index contributed by atoms with van der Waals surface area (Å²) in [7, 11) is 0. The number of nitrogen functional groups attached to an aromatic ring is 1. The Morgan fingerprint density at radius 2 is 2.14 bits per heavy atom. The van der Waals surface area contributed by atoms with Crippen LogP contribution in [0.5, 0.6) is 5.75 Å². The predicted molar refractivity (Wildman–Crippen MR) is 53.8 cm³/mol. The summed E-state index contributed by atoms with van der Waals surface area (Å²) in [6, 6.07) is 7.60. The third-order valence-corrected chi connectivity index (χ3v) is 2.01. The first-order valence-corrected chi connectivity index (χ1v) is 4.30. The molecule has 0 aliphatic carbocycles. The molecule has 1 aromatic heterocycles. The molecule has 0 spiro atoms. The van der Waals surface area contributed by atoms with Gasteiger partial charge in [0.15, 0.2) is 5.75 Å². The van der Waals surface area contributed by atoms with Gasteiger partial charge in [0.25, 0.3) is 0 Å². The van der Waals surface area contributed by atoms with Crippen LogP contribution < -0.4 is 5.73 Å². The van der Waals surface area contributed by atoms with Gasteiger partial charge in [-0.2, -0.15) is 5.10 Å². The molecule has 0 radical (unpaired) electrons. The van der Waals surface area contributed by atoms with Crippen molar-refractivity contribution in [3.05, 3.63) is 42.2 Å². The Balaban J connectivity index is 2.23. The summed E-state index contributed by atoms with van der Waals surface area (Å²) < 4.78 is 1.64. The van der Waals surface area contributed by atoms with Crippen molar-refractivity contribution in [3.63, 3.8) is 0 Å². The normalized spacial score (nSPS) is 10.3. The molecule has 1 heterocycles. The Hall–Kier alpha value is -1.97. The number of benzene rings is 1. The van der Waals surface area contributed by atoms with Gasteiger partial charge in [0.2, 0.25) is 0 Å². The van der Waals surface area contributed by atoms with E-state index in [9.17, 15) is 0 Å².